The minimum Gasteiger partial charge on any atom is -0.350 e. The molecule has 0 aliphatic heterocycles. The molecular weight excluding hydrogens is 416 g/mol. The summed E-state index contributed by atoms with van der Waals surface area (Å²) in [5, 5.41) is 13.1. The number of allylic oxidation sites excluding steroid dienone is 1. The molecule has 1 aromatic heterocycles. The number of carbonyl (C=O) groups excluding carboxylic acids is 1. The monoisotopic (exact) mass is 440 g/mol. The number of nitrogens with one attached hydrogen (secondary N) is 1. The van der Waals surface area contributed by atoms with Crippen molar-refractivity contribution in [2.24, 2.45) is 0 Å². The maximum Gasteiger partial charge on any atom is 0.251 e. The summed E-state index contributed by atoms with van der Waals surface area (Å²) in [6.45, 7) is 8.48. The van der Waals surface area contributed by atoms with Gasteiger partial charge in [-0.1, -0.05) is 60.6 Å². The van der Waals surface area contributed by atoms with Crippen molar-refractivity contribution in [3.05, 3.63) is 77.3 Å². The fraction of sp³-hybridized carbons (Fsp3) is 0.261. The van der Waals surface area contributed by atoms with Crippen molar-refractivity contribution in [2.75, 3.05) is 0 Å². The Morgan fingerprint density at radius 1 is 1.23 bits per heavy atom. The molecule has 0 saturated heterocycles. The minimum atomic E-state index is -0.0429. The molecular formula is C23H25ClN4OS. The highest BCUT2D eigenvalue weighted by atomic mass is 35.5. The number of halogens is 1. The van der Waals surface area contributed by atoms with Gasteiger partial charge in [0.25, 0.3) is 5.91 Å². The average Bonchev–Trinajstić information content (AvgIpc) is 3.15. The van der Waals surface area contributed by atoms with Crippen molar-refractivity contribution >= 4 is 29.3 Å². The molecule has 2 aromatic carbocycles. The van der Waals surface area contributed by atoms with Crippen molar-refractivity contribution in [3.8, 4) is 11.4 Å². The smallest absolute Gasteiger partial charge is 0.251 e. The molecule has 0 saturated carbocycles. The van der Waals surface area contributed by atoms with Crippen molar-refractivity contribution in [3.63, 3.8) is 0 Å². The second-order valence-corrected chi connectivity index (χ2v) is 8.30. The zero-order valence-corrected chi connectivity index (χ0v) is 18.7. The number of rotatable bonds is 9. The van der Waals surface area contributed by atoms with Gasteiger partial charge in [0.2, 0.25) is 0 Å². The summed E-state index contributed by atoms with van der Waals surface area (Å²) in [4.78, 5) is 12.2. The Hall–Kier alpha value is -2.57. The number of aromatic nitrogens is 3. The first-order valence-corrected chi connectivity index (χ1v) is 11.2. The first-order valence-electron chi connectivity index (χ1n) is 9.85. The van der Waals surface area contributed by atoms with Crippen LogP contribution in [0.3, 0.4) is 0 Å². The normalized spacial score (nSPS) is 11.8. The number of amides is 1. The maximum absolute atomic E-state index is 12.2. The SMILES string of the molecule is C=CCn1c(SCc2ccc(C(=O)NC(C)CC)cc2)nnc1-c1ccccc1Cl. The van der Waals surface area contributed by atoms with E-state index in [1.807, 2.05) is 73.0 Å². The van der Waals surface area contributed by atoms with E-state index in [0.717, 1.165) is 28.5 Å². The van der Waals surface area contributed by atoms with Gasteiger partial charge >= 0.3 is 0 Å². The van der Waals surface area contributed by atoms with E-state index < -0.39 is 0 Å². The van der Waals surface area contributed by atoms with Crippen LogP contribution in [0.15, 0.2) is 66.3 Å². The van der Waals surface area contributed by atoms with Crippen LogP contribution >= 0.6 is 23.4 Å². The third-order valence-electron chi connectivity index (χ3n) is 4.72. The molecule has 1 heterocycles. The van der Waals surface area contributed by atoms with Crippen LogP contribution in [-0.2, 0) is 12.3 Å². The van der Waals surface area contributed by atoms with E-state index in [1.54, 1.807) is 11.8 Å². The van der Waals surface area contributed by atoms with E-state index in [9.17, 15) is 4.79 Å². The van der Waals surface area contributed by atoms with Crippen LogP contribution in [-0.4, -0.2) is 26.7 Å². The van der Waals surface area contributed by atoms with Gasteiger partial charge in [-0.05, 0) is 43.2 Å². The van der Waals surface area contributed by atoms with Crippen molar-refractivity contribution < 1.29 is 4.79 Å². The predicted octanol–water partition coefficient (Wildman–Crippen LogP) is 5.61. The van der Waals surface area contributed by atoms with Gasteiger partial charge in [0.1, 0.15) is 0 Å². The van der Waals surface area contributed by atoms with Gasteiger partial charge < -0.3 is 5.32 Å². The summed E-state index contributed by atoms with van der Waals surface area (Å²) in [7, 11) is 0. The van der Waals surface area contributed by atoms with Crippen LogP contribution in [0.5, 0.6) is 0 Å². The Kier molecular flexibility index (Phi) is 7.71. The molecule has 0 radical (unpaired) electrons. The van der Waals surface area contributed by atoms with Gasteiger partial charge in [-0.3, -0.25) is 9.36 Å². The fourth-order valence-electron chi connectivity index (χ4n) is 2.84. The van der Waals surface area contributed by atoms with E-state index >= 15 is 0 Å². The molecule has 0 bridgehead atoms. The standard InChI is InChI=1S/C23H25ClN4OS/c1-4-14-28-21(19-8-6-7-9-20(19)24)26-27-23(28)30-15-17-10-12-18(13-11-17)22(29)25-16(3)5-2/h4,6-13,16H,1,5,14-15H2,2-3H3,(H,25,29). The number of nitrogens with zero attached hydrogens (tertiary/aromatic N) is 3. The summed E-state index contributed by atoms with van der Waals surface area (Å²) in [5.74, 6) is 1.39. The number of hydrogen-bond donors (Lipinski definition) is 1. The molecule has 1 atom stereocenters. The van der Waals surface area contributed by atoms with E-state index in [4.69, 9.17) is 11.6 Å². The van der Waals surface area contributed by atoms with Crippen LogP contribution in [0, 0.1) is 0 Å². The molecule has 0 aliphatic rings. The van der Waals surface area contributed by atoms with E-state index in [0.29, 0.717) is 22.9 Å². The molecule has 1 N–H and O–H groups in total. The van der Waals surface area contributed by atoms with Gasteiger partial charge in [-0.2, -0.15) is 0 Å². The first kappa shape index (κ1) is 22.1. The highest BCUT2D eigenvalue weighted by Crippen LogP contribution is 2.30. The van der Waals surface area contributed by atoms with Gasteiger partial charge in [-0.15, -0.1) is 16.8 Å². The molecule has 0 aliphatic carbocycles. The number of hydrogen-bond acceptors (Lipinski definition) is 4. The first-order chi connectivity index (χ1) is 14.5. The third-order valence-corrected chi connectivity index (χ3v) is 6.08. The van der Waals surface area contributed by atoms with Gasteiger partial charge in [-0.25, -0.2) is 0 Å². The molecule has 156 valence electrons. The van der Waals surface area contributed by atoms with Crippen LogP contribution < -0.4 is 5.32 Å². The number of thioether (sulfide) groups is 1. The molecule has 0 fully saturated rings. The molecule has 7 heteroatoms. The highest BCUT2D eigenvalue weighted by Gasteiger charge is 2.16. The molecule has 3 aromatic rings. The summed E-state index contributed by atoms with van der Waals surface area (Å²) >= 11 is 7.94. The van der Waals surface area contributed by atoms with Gasteiger partial charge in [0, 0.05) is 29.5 Å². The lowest BCUT2D eigenvalue weighted by Crippen LogP contribution is -2.31. The maximum atomic E-state index is 12.2. The fourth-order valence-corrected chi connectivity index (χ4v) is 3.96. The Morgan fingerprint density at radius 2 is 1.97 bits per heavy atom. The van der Waals surface area contributed by atoms with Crippen molar-refractivity contribution in [1.82, 2.24) is 20.1 Å². The molecule has 0 spiro atoms. The molecule has 3 rings (SSSR count). The number of carbonyl (C=O) groups is 1. The lowest BCUT2D eigenvalue weighted by molar-refractivity contribution is 0.0939. The third kappa shape index (κ3) is 5.32. The van der Waals surface area contributed by atoms with Gasteiger partial charge in [0.15, 0.2) is 11.0 Å². The summed E-state index contributed by atoms with van der Waals surface area (Å²) in [5.41, 5.74) is 2.62. The van der Waals surface area contributed by atoms with Crippen molar-refractivity contribution in [1.29, 1.82) is 0 Å². The Bertz CT molecular complexity index is 1020. The zero-order valence-electron chi connectivity index (χ0n) is 17.1. The van der Waals surface area contributed by atoms with Crippen LogP contribution in [0.1, 0.15) is 36.2 Å². The van der Waals surface area contributed by atoms with Crippen LogP contribution in [0.25, 0.3) is 11.4 Å². The van der Waals surface area contributed by atoms with Gasteiger partial charge in [0.05, 0.1) is 5.02 Å². The quantitative estimate of drug-likeness (QED) is 0.347. The van der Waals surface area contributed by atoms with Crippen molar-refractivity contribution in [2.45, 2.75) is 43.8 Å². The van der Waals surface area contributed by atoms with Crippen LogP contribution in [0.2, 0.25) is 5.02 Å². The minimum absolute atomic E-state index is 0.0429. The van der Waals surface area contributed by atoms with E-state index in [1.165, 1.54) is 0 Å². The zero-order chi connectivity index (χ0) is 21.5. The Morgan fingerprint density at radius 3 is 2.63 bits per heavy atom. The summed E-state index contributed by atoms with van der Waals surface area (Å²) in [6, 6.07) is 15.4. The Balaban J connectivity index is 1.72. The van der Waals surface area contributed by atoms with Crippen LogP contribution in [0.4, 0.5) is 0 Å². The predicted molar refractivity (Wildman–Crippen MR) is 124 cm³/mol. The Labute approximate surface area is 186 Å². The summed E-state index contributed by atoms with van der Waals surface area (Å²) in [6.07, 6.45) is 2.72. The second kappa shape index (κ2) is 10.5. The average molecular weight is 441 g/mol. The van der Waals surface area contributed by atoms with E-state index in [2.05, 4.69) is 22.1 Å². The molecule has 1 unspecified atom stereocenters. The highest BCUT2D eigenvalue weighted by molar-refractivity contribution is 7.98. The second-order valence-electron chi connectivity index (χ2n) is 6.95. The summed E-state index contributed by atoms with van der Waals surface area (Å²) < 4.78 is 2.01. The lowest BCUT2D eigenvalue weighted by Gasteiger charge is -2.11. The lowest BCUT2D eigenvalue weighted by atomic mass is 10.1. The van der Waals surface area contributed by atoms with E-state index in [-0.39, 0.29) is 11.9 Å². The molecule has 1 amide bonds. The number of benzene rings is 2. The largest absolute Gasteiger partial charge is 0.350 e. The topological polar surface area (TPSA) is 59.8 Å². The molecule has 30 heavy (non-hydrogen) atoms. The molecule has 5 nitrogen and oxygen atoms in total.